The van der Waals surface area contributed by atoms with Crippen LogP contribution < -0.4 is 0 Å². The largest absolute Gasteiger partial charge is 0.237 e. The maximum atomic E-state index is 4.63. The molecule has 70 heavy (non-hydrogen) atoms. The molecule has 0 saturated heterocycles. The highest BCUT2D eigenvalue weighted by atomic mass is 14.9. The van der Waals surface area contributed by atoms with Crippen molar-refractivity contribution in [1.29, 1.82) is 0 Å². The Labute approximate surface area is 403 Å². The van der Waals surface area contributed by atoms with Gasteiger partial charge in [-0.3, -0.25) is 0 Å². The molecule has 0 atom stereocenters. The Balaban J connectivity index is 1.04. The van der Waals surface area contributed by atoms with E-state index in [0.717, 1.165) is 72.3 Å². The Hall–Kier alpha value is -9.66. The van der Waals surface area contributed by atoms with Crippen LogP contribution in [0.25, 0.3) is 134 Å². The van der Waals surface area contributed by atoms with Crippen molar-refractivity contribution in [3.63, 3.8) is 0 Å². The van der Waals surface area contributed by atoms with Crippen LogP contribution in [0.2, 0.25) is 0 Å². The van der Waals surface area contributed by atoms with Gasteiger partial charge in [-0.1, -0.05) is 103 Å². The molecule has 0 bridgehead atoms. The summed E-state index contributed by atoms with van der Waals surface area (Å²) in [4.78, 5) is 37.0. The highest BCUT2D eigenvalue weighted by Gasteiger charge is 2.30. The molecule has 1 aliphatic rings. The Bertz CT molecular complexity index is 3800. The third-order valence-electron chi connectivity index (χ3n) is 13.0. The van der Waals surface area contributed by atoms with Gasteiger partial charge in [-0.25, -0.2) is 39.9 Å². The van der Waals surface area contributed by atoms with E-state index >= 15 is 0 Å². The van der Waals surface area contributed by atoms with Crippen molar-refractivity contribution >= 4 is 10.8 Å². The van der Waals surface area contributed by atoms with E-state index in [0.29, 0.717) is 23.3 Å². The second kappa shape index (κ2) is 17.2. The van der Waals surface area contributed by atoms with Crippen LogP contribution in [0, 0.1) is 0 Å². The van der Waals surface area contributed by atoms with Gasteiger partial charge in [-0.2, -0.15) is 0 Å². The number of benzene rings is 8. The van der Waals surface area contributed by atoms with Crippen LogP contribution in [0.3, 0.4) is 0 Å². The molecule has 0 N–H and O–H groups in total. The minimum Gasteiger partial charge on any atom is -0.237 e. The fourth-order valence-electron chi connectivity index (χ4n) is 9.98. The van der Waals surface area contributed by atoms with Crippen molar-refractivity contribution in [3.8, 4) is 123 Å². The van der Waals surface area contributed by atoms with Gasteiger partial charge in [0.15, 0.2) is 23.3 Å². The van der Waals surface area contributed by atoms with Crippen molar-refractivity contribution < 1.29 is 0 Å². The summed E-state index contributed by atoms with van der Waals surface area (Å²) in [5.74, 6) is 2.54. The van der Waals surface area contributed by atoms with Gasteiger partial charge in [0.1, 0.15) is 0 Å². The van der Waals surface area contributed by atoms with Gasteiger partial charge in [-0.05, 0) is 168 Å². The van der Waals surface area contributed by atoms with E-state index in [1.807, 2.05) is 24.3 Å². The molecule has 0 saturated carbocycles. The van der Waals surface area contributed by atoms with Gasteiger partial charge in [0.2, 0.25) is 0 Å². The van der Waals surface area contributed by atoms with Crippen LogP contribution in [0.15, 0.2) is 232 Å². The molecular formula is C62H38N8. The van der Waals surface area contributed by atoms with Crippen molar-refractivity contribution in [2.24, 2.45) is 0 Å². The van der Waals surface area contributed by atoms with Gasteiger partial charge in [-0.15, -0.1) is 0 Å². The van der Waals surface area contributed by atoms with E-state index in [1.165, 1.54) is 38.6 Å². The van der Waals surface area contributed by atoms with Gasteiger partial charge in [0.25, 0.3) is 0 Å². The smallest absolute Gasteiger partial charge is 0.159 e. The molecule has 0 radical (unpaired) electrons. The molecule has 12 aromatic rings. The van der Waals surface area contributed by atoms with Gasteiger partial charge < -0.3 is 0 Å². The standard InChI is InChI=1S/C62H38N8/c1-2-12-39(13-3-1)53-38-54(43-18-4-16-41(30-43)45-32-47(59-63-22-8-23-64-59)36-48(33-45)60-65-24-9-25-66-60)57-51-20-6-14-40-15-7-21-52(55(40)51)58(57)56(53)44-19-5-17-42(31-44)46-34-49(61-67-26-10-27-68-61)37-50(35-46)62-69-28-11-29-70-62/h1-38H. The zero-order valence-electron chi connectivity index (χ0n) is 37.5. The number of aromatic nitrogens is 8. The lowest BCUT2D eigenvalue weighted by atomic mass is 9.81. The monoisotopic (exact) mass is 894 g/mol. The molecule has 8 heteroatoms. The normalized spacial score (nSPS) is 11.4. The predicted molar refractivity (Wildman–Crippen MR) is 280 cm³/mol. The summed E-state index contributed by atoms with van der Waals surface area (Å²) in [6, 6.07) is 64.5. The van der Waals surface area contributed by atoms with Crippen molar-refractivity contribution in [2.75, 3.05) is 0 Å². The highest BCUT2D eigenvalue weighted by Crippen LogP contribution is 2.57. The first-order valence-electron chi connectivity index (χ1n) is 23.1. The predicted octanol–water partition coefficient (Wildman–Crippen LogP) is 14.7. The molecule has 4 heterocycles. The number of rotatable bonds is 9. The Morgan fingerprint density at radius 3 is 1.04 bits per heavy atom. The van der Waals surface area contributed by atoms with E-state index in [9.17, 15) is 0 Å². The number of hydrogen-bond acceptors (Lipinski definition) is 8. The minimum atomic E-state index is 0.635. The zero-order valence-corrected chi connectivity index (χ0v) is 37.5. The SMILES string of the molecule is c1ccc(-c2cc(-c3cccc(-c4cc(-c5ncccn5)cc(-c5ncccn5)c4)c3)c3c(c2-c2cccc(-c4cc(-c5ncccn5)cc(-c5ncccn5)c4)c2)-c2cccc4cccc-3c24)cc1. The average Bonchev–Trinajstić information content (AvgIpc) is 3.79. The fourth-order valence-corrected chi connectivity index (χ4v) is 9.98. The molecule has 0 fully saturated rings. The first-order chi connectivity index (χ1) is 34.7. The lowest BCUT2D eigenvalue weighted by molar-refractivity contribution is 1.16. The first-order valence-corrected chi connectivity index (χ1v) is 23.1. The number of nitrogens with zero attached hydrogens (tertiary/aromatic N) is 8. The maximum absolute atomic E-state index is 4.63. The minimum absolute atomic E-state index is 0.635. The molecule has 8 aromatic carbocycles. The van der Waals surface area contributed by atoms with Crippen LogP contribution in [0.1, 0.15) is 0 Å². The third kappa shape index (κ3) is 7.28. The van der Waals surface area contributed by atoms with Crippen LogP contribution in [-0.2, 0) is 0 Å². The Morgan fingerprint density at radius 1 is 0.200 bits per heavy atom. The third-order valence-corrected chi connectivity index (χ3v) is 13.0. The Kier molecular flexibility index (Phi) is 9.98. The second-order valence-corrected chi connectivity index (χ2v) is 17.2. The van der Waals surface area contributed by atoms with Gasteiger partial charge >= 0.3 is 0 Å². The van der Waals surface area contributed by atoms with Crippen LogP contribution in [0.4, 0.5) is 0 Å². The molecule has 0 amide bonds. The maximum Gasteiger partial charge on any atom is 0.159 e. The summed E-state index contributed by atoms with van der Waals surface area (Å²) < 4.78 is 0. The molecule has 4 aromatic heterocycles. The summed E-state index contributed by atoms with van der Waals surface area (Å²) in [6.45, 7) is 0. The van der Waals surface area contributed by atoms with E-state index in [4.69, 9.17) is 0 Å². The molecule has 0 aliphatic heterocycles. The number of fused-ring (bicyclic) bond motifs is 3. The van der Waals surface area contributed by atoms with E-state index < -0.39 is 0 Å². The summed E-state index contributed by atoms with van der Waals surface area (Å²) >= 11 is 0. The van der Waals surface area contributed by atoms with Crippen molar-refractivity contribution in [1.82, 2.24) is 39.9 Å². The van der Waals surface area contributed by atoms with Crippen molar-refractivity contribution in [2.45, 2.75) is 0 Å². The summed E-state index contributed by atoms with van der Waals surface area (Å²) in [7, 11) is 0. The average molecular weight is 895 g/mol. The first kappa shape index (κ1) is 40.6. The molecule has 13 rings (SSSR count). The lowest BCUT2D eigenvalue weighted by Crippen LogP contribution is -1.96. The molecule has 0 spiro atoms. The molecule has 0 unspecified atom stereocenters. The number of hydrogen-bond donors (Lipinski definition) is 0. The van der Waals surface area contributed by atoms with Gasteiger partial charge in [0.05, 0.1) is 0 Å². The lowest BCUT2D eigenvalue weighted by Gasteiger charge is -2.22. The summed E-state index contributed by atoms with van der Waals surface area (Å²) in [5.41, 5.74) is 19.3. The molecule has 326 valence electrons. The molecule has 8 nitrogen and oxygen atoms in total. The molecular weight excluding hydrogens is 857 g/mol. The van der Waals surface area contributed by atoms with E-state index in [2.05, 4.69) is 198 Å². The Morgan fingerprint density at radius 2 is 0.557 bits per heavy atom. The highest BCUT2D eigenvalue weighted by molar-refractivity contribution is 6.23. The second-order valence-electron chi connectivity index (χ2n) is 17.2. The van der Waals surface area contributed by atoms with Crippen LogP contribution in [-0.4, -0.2) is 39.9 Å². The zero-order chi connectivity index (χ0) is 46.4. The quantitative estimate of drug-likeness (QED) is 0.141. The topological polar surface area (TPSA) is 103 Å². The van der Waals surface area contributed by atoms with E-state index in [-0.39, 0.29) is 0 Å². The molecule has 1 aliphatic carbocycles. The van der Waals surface area contributed by atoms with Crippen LogP contribution >= 0.6 is 0 Å². The fraction of sp³-hybridized carbons (Fsp3) is 0. The van der Waals surface area contributed by atoms with E-state index in [1.54, 1.807) is 49.6 Å². The summed E-state index contributed by atoms with van der Waals surface area (Å²) in [6.07, 6.45) is 14.2. The van der Waals surface area contributed by atoms with Crippen molar-refractivity contribution in [3.05, 3.63) is 232 Å². The summed E-state index contributed by atoms with van der Waals surface area (Å²) in [5, 5.41) is 2.46. The van der Waals surface area contributed by atoms with Gasteiger partial charge in [0, 0.05) is 71.8 Å². The van der Waals surface area contributed by atoms with Crippen LogP contribution in [0.5, 0.6) is 0 Å².